The number of sulfonamides is 1. The first-order chi connectivity index (χ1) is 13.6. The smallest absolute Gasteiger partial charge is 0.323 e. The zero-order valence-corrected chi connectivity index (χ0v) is 17.1. The van der Waals surface area contributed by atoms with Crippen molar-refractivity contribution in [2.24, 2.45) is 11.7 Å². The summed E-state index contributed by atoms with van der Waals surface area (Å²) in [4.78, 5) is 36.1. The Kier molecular flexibility index (Phi) is 7.31. The third-order valence-corrected chi connectivity index (χ3v) is 6.76. The van der Waals surface area contributed by atoms with E-state index < -0.39 is 50.8 Å². The topological polar surface area (TPSA) is 154 Å². The van der Waals surface area contributed by atoms with Crippen LogP contribution in [-0.2, 0) is 24.4 Å². The summed E-state index contributed by atoms with van der Waals surface area (Å²) >= 11 is 0. The van der Waals surface area contributed by atoms with Crippen LogP contribution in [0.5, 0.6) is 0 Å². The Morgan fingerprint density at radius 1 is 1.45 bits per heavy atom. The van der Waals surface area contributed by atoms with Crippen LogP contribution in [0.3, 0.4) is 0 Å². The van der Waals surface area contributed by atoms with Crippen LogP contribution in [0, 0.1) is 17.5 Å². The van der Waals surface area contributed by atoms with Crippen molar-refractivity contribution < 1.29 is 27.5 Å². The van der Waals surface area contributed by atoms with Gasteiger partial charge in [0.2, 0.25) is 11.8 Å². The molecule has 1 aliphatic rings. The normalized spacial score (nSPS) is 21.9. The van der Waals surface area contributed by atoms with Gasteiger partial charge in [-0.3, -0.25) is 14.4 Å². The van der Waals surface area contributed by atoms with Gasteiger partial charge >= 0.3 is 15.0 Å². The molecule has 0 bridgehead atoms. The summed E-state index contributed by atoms with van der Waals surface area (Å²) in [7, 11) is -4.38. The molecule has 1 aromatic rings. The Hall–Kier alpha value is -2.53. The van der Waals surface area contributed by atoms with E-state index in [1.807, 2.05) is 0 Å². The predicted octanol–water partition coefficient (Wildman–Crippen LogP) is -0.390. The Bertz CT molecular complexity index is 888. The minimum atomic E-state index is -4.38. The number of nitrogens with two attached hydrogens (primary N) is 1. The van der Waals surface area contributed by atoms with E-state index in [0.29, 0.717) is 12.8 Å². The number of amides is 2. The predicted molar refractivity (Wildman–Crippen MR) is 102 cm³/mol. The molecule has 0 aromatic carbocycles. The largest absolute Gasteiger partial charge is 0.618 e. The maximum absolute atomic E-state index is 13.2. The lowest BCUT2D eigenvalue weighted by Gasteiger charge is -2.31. The molecule has 1 aromatic heterocycles. The van der Waals surface area contributed by atoms with Crippen LogP contribution in [0.15, 0.2) is 29.4 Å². The zero-order valence-electron chi connectivity index (χ0n) is 16.3. The Morgan fingerprint density at radius 3 is 2.76 bits per heavy atom. The van der Waals surface area contributed by atoms with E-state index in [-0.39, 0.29) is 17.6 Å². The number of hydrogen-bond acceptors (Lipinski definition) is 6. The first-order valence-corrected chi connectivity index (χ1v) is 10.7. The van der Waals surface area contributed by atoms with E-state index in [1.54, 1.807) is 13.8 Å². The molecule has 0 spiro atoms. The number of carbonyl (C=O) groups is 3. The average molecular weight is 425 g/mol. The summed E-state index contributed by atoms with van der Waals surface area (Å²) in [5.74, 6) is -2.35. The van der Waals surface area contributed by atoms with Gasteiger partial charge in [0.1, 0.15) is 0 Å². The number of rotatable bonds is 7. The molecule has 3 atom stereocenters. The van der Waals surface area contributed by atoms with Crippen LogP contribution >= 0.6 is 0 Å². The van der Waals surface area contributed by atoms with Crippen LogP contribution in [0.1, 0.15) is 39.5 Å². The second-order valence-corrected chi connectivity index (χ2v) is 8.85. The molecule has 2 amide bonds. The molecule has 10 nitrogen and oxygen atoms in total. The van der Waals surface area contributed by atoms with Crippen LogP contribution in [-0.4, -0.2) is 42.5 Å². The maximum atomic E-state index is 13.2. The first kappa shape index (κ1) is 22.8. The summed E-state index contributed by atoms with van der Waals surface area (Å²) in [6, 6.07) is 3.31. The quantitative estimate of drug-likeness (QED) is 0.448. The number of nitrogens with one attached hydrogen (secondary N) is 1. The summed E-state index contributed by atoms with van der Waals surface area (Å²) in [6.07, 6.45) is 1.72. The van der Waals surface area contributed by atoms with E-state index in [1.165, 1.54) is 12.1 Å². The Morgan fingerprint density at radius 2 is 2.14 bits per heavy atom. The molecule has 11 heteroatoms. The fraction of sp³-hybridized carbons (Fsp3) is 0.500. The van der Waals surface area contributed by atoms with Gasteiger partial charge in [0.25, 0.3) is 0 Å². The van der Waals surface area contributed by atoms with Crippen molar-refractivity contribution in [3.63, 3.8) is 0 Å². The molecule has 1 saturated heterocycles. The molecular weight excluding hydrogens is 400 g/mol. The molecule has 2 heterocycles. The summed E-state index contributed by atoms with van der Waals surface area (Å²) in [6.45, 7) is 3.16. The van der Waals surface area contributed by atoms with Crippen LogP contribution in [0.25, 0.3) is 0 Å². The van der Waals surface area contributed by atoms with Crippen LogP contribution in [0.4, 0.5) is 0 Å². The molecule has 1 radical (unpaired) electrons. The fourth-order valence-corrected chi connectivity index (χ4v) is 4.85. The van der Waals surface area contributed by atoms with Crippen molar-refractivity contribution in [1.82, 2.24) is 9.62 Å². The molecule has 3 N–H and O–H groups in total. The minimum absolute atomic E-state index is 0.0453. The van der Waals surface area contributed by atoms with Crippen molar-refractivity contribution in [3.8, 4) is 0 Å². The van der Waals surface area contributed by atoms with E-state index in [0.717, 1.165) is 23.0 Å². The highest BCUT2D eigenvalue weighted by molar-refractivity contribution is 7.89. The lowest BCUT2D eigenvalue weighted by molar-refractivity contribution is -0.646. The first-order valence-electron chi connectivity index (χ1n) is 9.23. The van der Waals surface area contributed by atoms with Crippen molar-refractivity contribution in [2.75, 3.05) is 0 Å². The van der Waals surface area contributed by atoms with Gasteiger partial charge in [-0.25, -0.2) is 8.42 Å². The summed E-state index contributed by atoms with van der Waals surface area (Å²) in [5.41, 5.74) is 5.16. The van der Waals surface area contributed by atoms with E-state index in [4.69, 9.17) is 5.73 Å². The standard InChI is InChI=1S/C18H25N4O6S/c1-12(17(19)25)9-10-15(24)20-18-14(23)7-5-6-13(2)22(18)29(27,28)16-8-3-4-11-21(16)26/h3-4,8,10-13,18H,5-7,9H2,1-2H3,(H2,19,25)(H,20,24)/t12?,13-,18+/m1/s1. The van der Waals surface area contributed by atoms with Crippen LogP contribution in [0.2, 0.25) is 0 Å². The number of hydrogen-bond donors (Lipinski definition) is 2. The lowest BCUT2D eigenvalue weighted by Crippen LogP contribution is -2.58. The molecular formula is C18H25N4O6S. The van der Waals surface area contributed by atoms with E-state index in [9.17, 15) is 28.0 Å². The van der Waals surface area contributed by atoms with Crippen molar-refractivity contribution in [2.45, 2.75) is 56.8 Å². The van der Waals surface area contributed by atoms with E-state index >= 15 is 0 Å². The number of ketones is 1. The highest BCUT2D eigenvalue weighted by Crippen LogP contribution is 2.25. The highest BCUT2D eigenvalue weighted by Gasteiger charge is 2.44. The second kappa shape index (κ2) is 9.31. The van der Waals surface area contributed by atoms with Gasteiger partial charge in [0, 0.05) is 30.5 Å². The molecule has 159 valence electrons. The van der Waals surface area contributed by atoms with Crippen molar-refractivity contribution >= 4 is 27.6 Å². The molecule has 1 aliphatic heterocycles. The number of Topliss-reactive ketones (excluding diaryl/α,β-unsaturated/α-hetero) is 1. The maximum Gasteiger partial charge on any atom is 0.323 e. The fourth-order valence-electron chi connectivity index (χ4n) is 3.07. The third-order valence-electron chi connectivity index (χ3n) is 4.79. The summed E-state index contributed by atoms with van der Waals surface area (Å²) < 4.78 is 27.5. The van der Waals surface area contributed by atoms with E-state index in [2.05, 4.69) is 5.32 Å². The summed E-state index contributed by atoms with van der Waals surface area (Å²) in [5, 5.41) is 13.9. The Balaban J connectivity index is 2.33. The minimum Gasteiger partial charge on any atom is -0.618 e. The number of primary amides is 1. The average Bonchev–Trinajstić information content (AvgIpc) is 2.78. The monoisotopic (exact) mass is 425 g/mol. The molecule has 0 saturated carbocycles. The van der Waals surface area contributed by atoms with Gasteiger partial charge in [-0.05, 0) is 32.3 Å². The SMILES string of the molecule is CC(C[CH]C(=O)N[C@@H]1C(=O)CCC[C@@H](C)N1S(=O)(=O)c1cccc[n+]1[O-])C(N)=O. The number of nitrogens with zero attached hydrogens (tertiary/aromatic N) is 2. The molecule has 2 rings (SSSR count). The van der Waals surface area contributed by atoms with Gasteiger partial charge < -0.3 is 16.3 Å². The number of pyridine rings is 1. The van der Waals surface area contributed by atoms with Gasteiger partial charge in [0.15, 0.2) is 18.1 Å². The lowest BCUT2D eigenvalue weighted by atomic mass is 10.0. The van der Waals surface area contributed by atoms with Gasteiger partial charge in [0.05, 0.1) is 6.42 Å². The van der Waals surface area contributed by atoms with Crippen LogP contribution < -0.4 is 15.8 Å². The second-order valence-electron chi connectivity index (χ2n) is 7.06. The van der Waals surface area contributed by atoms with Crippen molar-refractivity contribution in [1.29, 1.82) is 0 Å². The molecule has 1 fully saturated rings. The van der Waals surface area contributed by atoms with Gasteiger partial charge in [-0.15, -0.1) is 0 Å². The number of carbonyl (C=O) groups excluding carboxylic acids is 3. The molecule has 0 aliphatic carbocycles. The Labute approximate surface area is 169 Å². The third kappa shape index (κ3) is 5.30. The molecule has 29 heavy (non-hydrogen) atoms. The highest BCUT2D eigenvalue weighted by atomic mass is 32.2. The number of aromatic nitrogens is 1. The molecule has 1 unspecified atom stereocenters. The van der Waals surface area contributed by atoms with Gasteiger partial charge in [-0.1, -0.05) is 6.92 Å². The van der Waals surface area contributed by atoms with Gasteiger partial charge in [-0.2, -0.15) is 9.04 Å². The zero-order chi connectivity index (χ0) is 21.8. The van der Waals surface area contributed by atoms with Crippen molar-refractivity contribution in [3.05, 3.63) is 36.0 Å².